The third-order valence-electron chi connectivity index (χ3n) is 3.23. The first-order valence-electron chi connectivity index (χ1n) is 6.53. The van der Waals surface area contributed by atoms with Crippen LogP contribution in [0.15, 0.2) is 54.9 Å². The van der Waals surface area contributed by atoms with Gasteiger partial charge in [-0.3, -0.25) is 4.98 Å². The number of halogens is 2. The fourth-order valence-corrected chi connectivity index (χ4v) is 2.75. The van der Waals surface area contributed by atoms with Crippen LogP contribution in [0.3, 0.4) is 0 Å². The largest absolute Gasteiger partial charge is 0.383 e. The minimum atomic E-state index is -1.02. The van der Waals surface area contributed by atoms with E-state index >= 15 is 0 Å². The van der Waals surface area contributed by atoms with E-state index in [4.69, 9.17) is 23.2 Å². The van der Waals surface area contributed by atoms with Crippen molar-refractivity contribution < 1.29 is 5.11 Å². The lowest BCUT2D eigenvalue weighted by Gasteiger charge is -2.15. The predicted molar refractivity (Wildman–Crippen MR) is 85.8 cm³/mol. The van der Waals surface area contributed by atoms with Crippen LogP contribution in [0.1, 0.15) is 17.2 Å². The topological polar surface area (TPSA) is 58.9 Å². The van der Waals surface area contributed by atoms with Crippen molar-refractivity contribution in [2.75, 3.05) is 0 Å². The molecule has 6 heteroatoms. The summed E-state index contributed by atoms with van der Waals surface area (Å²) in [5.74, 6) is 0. The number of hydrogen-bond donors (Lipinski definition) is 1. The van der Waals surface area contributed by atoms with Crippen LogP contribution >= 0.6 is 23.2 Å². The molecule has 3 aromatic rings. The number of benzene rings is 1. The Labute approximate surface area is 137 Å². The molecule has 0 spiro atoms. The average molecular weight is 332 g/mol. The number of pyridine rings is 1. The lowest BCUT2D eigenvalue weighted by Crippen LogP contribution is -2.05. The highest BCUT2D eigenvalue weighted by atomic mass is 35.5. The first-order chi connectivity index (χ1) is 10.7. The first kappa shape index (κ1) is 14.9. The molecule has 110 valence electrons. The van der Waals surface area contributed by atoms with E-state index in [-0.39, 0.29) is 10.2 Å². The molecule has 0 radical (unpaired) electrons. The lowest BCUT2D eigenvalue weighted by atomic mass is 10.0. The molecular formula is C16H11Cl2N3O. The molecular weight excluding hydrogens is 321 g/mol. The Kier molecular flexibility index (Phi) is 4.34. The van der Waals surface area contributed by atoms with Crippen LogP contribution in [0.2, 0.25) is 10.2 Å². The molecule has 0 fully saturated rings. The quantitative estimate of drug-likeness (QED) is 0.790. The van der Waals surface area contributed by atoms with Gasteiger partial charge in [-0.1, -0.05) is 59.6 Å². The number of rotatable bonds is 3. The zero-order chi connectivity index (χ0) is 15.5. The highest BCUT2D eigenvalue weighted by molar-refractivity contribution is 6.37. The smallest absolute Gasteiger partial charge is 0.159 e. The summed E-state index contributed by atoms with van der Waals surface area (Å²) in [6, 6.07) is 12.8. The Hall–Kier alpha value is -2.01. The molecule has 22 heavy (non-hydrogen) atoms. The van der Waals surface area contributed by atoms with Crippen LogP contribution in [0.5, 0.6) is 0 Å². The van der Waals surface area contributed by atoms with Gasteiger partial charge in [0.15, 0.2) is 5.15 Å². The first-order valence-corrected chi connectivity index (χ1v) is 7.29. The van der Waals surface area contributed by atoms with Crippen molar-refractivity contribution in [3.8, 4) is 11.3 Å². The Morgan fingerprint density at radius 3 is 2.41 bits per heavy atom. The molecule has 4 nitrogen and oxygen atoms in total. The van der Waals surface area contributed by atoms with Gasteiger partial charge in [-0.05, 0) is 6.07 Å². The molecule has 0 saturated carbocycles. The van der Waals surface area contributed by atoms with Crippen LogP contribution in [-0.4, -0.2) is 20.3 Å². The van der Waals surface area contributed by atoms with Crippen LogP contribution < -0.4 is 0 Å². The van der Waals surface area contributed by atoms with Crippen LogP contribution in [-0.2, 0) is 0 Å². The summed E-state index contributed by atoms with van der Waals surface area (Å²) in [5, 5.41) is 18.9. The molecule has 1 unspecified atom stereocenters. The van der Waals surface area contributed by atoms with Gasteiger partial charge in [-0.2, -0.15) is 0 Å². The second-order valence-corrected chi connectivity index (χ2v) is 5.36. The van der Waals surface area contributed by atoms with Gasteiger partial charge in [0.25, 0.3) is 0 Å². The Morgan fingerprint density at radius 1 is 0.955 bits per heavy atom. The standard InChI is InChI=1S/C16H11Cl2N3O/c17-13-12(15(22)11-7-4-8-19-9-11)16(18)21-20-14(13)10-5-2-1-3-6-10/h1-9,15,22H. The van der Waals surface area contributed by atoms with Gasteiger partial charge in [0.1, 0.15) is 11.8 Å². The van der Waals surface area contributed by atoms with Crippen molar-refractivity contribution >= 4 is 23.2 Å². The molecule has 0 aliphatic carbocycles. The van der Waals surface area contributed by atoms with Gasteiger partial charge in [0, 0.05) is 29.1 Å². The SMILES string of the molecule is OC(c1cccnc1)c1c(Cl)nnc(-c2ccccc2)c1Cl. The molecule has 0 bridgehead atoms. The third-order valence-corrected chi connectivity index (χ3v) is 3.89. The fraction of sp³-hybridized carbons (Fsp3) is 0.0625. The molecule has 2 aromatic heterocycles. The molecule has 3 rings (SSSR count). The zero-order valence-electron chi connectivity index (χ0n) is 11.3. The van der Waals surface area contributed by atoms with Crippen molar-refractivity contribution in [1.29, 1.82) is 0 Å². The summed E-state index contributed by atoms with van der Waals surface area (Å²) in [6.07, 6.45) is 2.16. The van der Waals surface area contributed by atoms with E-state index in [9.17, 15) is 5.11 Å². The van der Waals surface area contributed by atoms with Crippen molar-refractivity contribution in [2.24, 2.45) is 0 Å². The Balaban J connectivity index is 2.12. The van der Waals surface area contributed by atoms with E-state index in [1.807, 2.05) is 30.3 Å². The summed E-state index contributed by atoms with van der Waals surface area (Å²) in [7, 11) is 0. The maximum atomic E-state index is 10.5. The van der Waals surface area contributed by atoms with Gasteiger partial charge in [-0.25, -0.2) is 0 Å². The summed E-state index contributed by atoms with van der Waals surface area (Å²) >= 11 is 12.5. The molecule has 1 N–H and O–H groups in total. The second-order valence-electron chi connectivity index (χ2n) is 4.62. The van der Waals surface area contributed by atoms with Crippen LogP contribution in [0, 0.1) is 0 Å². The Bertz CT molecular complexity index is 782. The number of aliphatic hydroxyl groups is 1. The van der Waals surface area contributed by atoms with E-state index < -0.39 is 6.10 Å². The Morgan fingerprint density at radius 2 is 1.73 bits per heavy atom. The lowest BCUT2D eigenvalue weighted by molar-refractivity contribution is 0.219. The van der Waals surface area contributed by atoms with E-state index in [0.717, 1.165) is 5.56 Å². The molecule has 0 aliphatic heterocycles. The summed E-state index contributed by atoms with van der Waals surface area (Å²) < 4.78 is 0. The minimum Gasteiger partial charge on any atom is -0.383 e. The van der Waals surface area contributed by atoms with Gasteiger partial charge >= 0.3 is 0 Å². The van der Waals surface area contributed by atoms with E-state index in [2.05, 4.69) is 15.2 Å². The van der Waals surface area contributed by atoms with E-state index in [1.165, 1.54) is 0 Å². The summed E-state index contributed by atoms with van der Waals surface area (Å²) in [4.78, 5) is 3.99. The molecule has 0 aliphatic rings. The average Bonchev–Trinajstić information content (AvgIpc) is 2.56. The highest BCUT2D eigenvalue weighted by Crippen LogP contribution is 2.37. The molecule has 2 heterocycles. The fourth-order valence-electron chi connectivity index (χ4n) is 2.13. The van der Waals surface area contributed by atoms with E-state index in [0.29, 0.717) is 16.8 Å². The monoisotopic (exact) mass is 331 g/mol. The molecule has 0 amide bonds. The number of aliphatic hydroxyl groups excluding tert-OH is 1. The number of aromatic nitrogens is 3. The summed E-state index contributed by atoms with van der Waals surface area (Å²) in [6.45, 7) is 0. The molecule has 0 saturated heterocycles. The zero-order valence-corrected chi connectivity index (χ0v) is 12.8. The van der Waals surface area contributed by atoms with Gasteiger partial charge < -0.3 is 5.11 Å². The molecule has 1 atom stereocenters. The maximum Gasteiger partial charge on any atom is 0.159 e. The van der Waals surface area contributed by atoms with Gasteiger partial charge in [-0.15, -0.1) is 10.2 Å². The van der Waals surface area contributed by atoms with E-state index in [1.54, 1.807) is 24.5 Å². The van der Waals surface area contributed by atoms with Crippen molar-refractivity contribution in [3.05, 3.63) is 76.2 Å². The number of hydrogen-bond acceptors (Lipinski definition) is 4. The second kappa shape index (κ2) is 6.40. The van der Waals surface area contributed by atoms with Crippen molar-refractivity contribution in [1.82, 2.24) is 15.2 Å². The predicted octanol–water partition coefficient (Wildman–Crippen LogP) is 3.93. The maximum absolute atomic E-state index is 10.5. The van der Waals surface area contributed by atoms with Crippen molar-refractivity contribution in [2.45, 2.75) is 6.10 Å². The van der Waals surface area contributed by atoms with Crippen molar-refractivity contribution in [3.63, 3.8) is 0 Å². The highest BCUT2D eigenvalue weighted by Gasteiger charge is 2.22. The number of nitrogens with zero attached hydrogens (tertiary/aromatic N) is 3. The summed E-state index contributed by atoms with van der Waals surface area (Å²) in [5.41, 5.74) is 2.18. The van der Waals surface area contributed by atoms with Crippen LogP contribution in [0.4, 0.5) is 0 Å². The van der Waals surface area contributed by atoms with Crippen LogP contribution in [0.25, 0.3) is 11.3 Å². The van der Waals surface area contributed by atoms with Gasteiger partial charge in [0.05, 0.1) is 5.02 Å². The van der Waals surface area contributed by atoms with Gasteiger partial charge in [0.2, 0.25) is 0 Å². The normalized spacial score (nSPS) is 12.1. The molecule has 1 aromatic carbocycles. The third kappa shape index (κ3) is 2.81. The minimum absolute atomic E-state index is 0.0704.